The molecule has 0 aliphatic heterocycles. The maximum absolute atomic E-state index is 10.2. The summed E-state index contributed by atoms with van der Waals surface area (Å²) in [5.41, 5.74) is 5.98. The summed E-state index contributed by atoms with van der Waals surface area (Å²) in [4.78, 5) is 0. The number of hydrogen-bond donors (Lipinski definition) is 2. The van der Waals surface area contributed by atoms with Gasteiger partial charge < -0.3 is 15.6 Å². The van der Waals surface area contributed by atoms with Crippen molar-refractivity contribution in [3.63, 3.8) is 0 Å². The van der Waals surface area contributed by atoms with E-state index in [1.807, 2.05) is 18.2 Å². The molecule has 0 spiro atoms. The van der Waals surface area contributed by atoms with Gasteiger partial charge in [0.05, 0.1) is 10.1 Å². The van der Waals surface area contributed by atoms with Gasteiger partial charge in [-0.05, 0) is 34.8 Å². The van der Waals surface area contributed by atoms with Crippen LogP contribution in [-0.2, 0) is 6.54 Å². The van der Waals surface area contributed by atoms with Gasteiger partial charge in [-0.25, -0.2) is 0 Å². The molecule has 17 heavy (non-hydrogen) atoms. The van der Waals surface area contributed by atoms with Crippen LogP contribution in [0.2, 0.25) is 0 Å². The highest BCUT2D eigenvalue weighted by atomic mass is 79.9. The Labute approximate surface area is 110 Å². The molecule has 94 valence electrons. The first-order valence-electron chi connectivity index (χ1n) is 5.97. The summed E-state index contributed by atoms with van der Waals surface area (Å²) in [5.74, 6) is 0.760. The highest BCUT2D eigenvalue weighted by Crippen LogP contribution is 2.33. The number of nitrogens with two attached hydrogens (primary N) is 1. The van der Waals surface area contributed by atoms with E-state index in [0.29, 0.717) is 13.2 Å². The molecular weight excluding hydrogens is 282 g/mol. The molecule has 0 heterocycles. The number of aliphatic hydroxyl groups is 1. The van der Waals surface area contributed by atoms with Crippen LogP contribution in [0.5, 0.6) is 5.75 Å². The molecule has 1 aliphatic carbocycles. The lowest BCUT2D eigenvalue weighted by Crippen LogP contribution is -2.32. The van der Waals surface area contributed by atoms with Crippen molar-refractivity contribution in [1.29, 1.82) is 0 Å². The molecule has 0 bridgehead atoms. The number of benzene rings is 1. The molecule has 0 atom stereocenters. The van der Waals surface area contributed by atoms with Crippen LogP contribution in [0.4, 0.5) is 0 Å². The van der Waals surface area contributed by atoms with E-state index in [-0.39, 0.29) is 0 Å². The molecule has 3 nitrogen and oxygen atoms in total. The third kappa shape index (κ3) is 3.00. The van der Waals surface area contributed by atoms with Gasteiger partial charge in [0.1, 0.15) is 12.4 Å². The van der Waals surface area contributed by atoms with Crippen molar-refractivity contribution >= 4 is 15.9 Å². The molecule has 1 aromatic rings. The van der Waals surface area contributed by atoms with Gasteiger partial charge in [-0.3, -0.25) is 0 Å². The topological polar surface area (TPSA) is 55.5 Å². The SMILES string of the molecule is NCc1cccc(Br)c1OCC1(O)CCCC1. The Morgan fingerprint density at radius 2 is 2.06 bits per heavy atom. The fourth-order valence-electron chi connectivity index (χ4n) is 2.26. The second-order valence-corrected chi connectivity index (χ2v) is 5.51. The predicted molar refractivity (Wildman–Crippen MR) is 70.9 cm³/mol. The number of rotatable bonds is 4. The standard InChI is InChI=1S/C13H18BrNO2/c14-11-5-3-4-10(8-15)12(11)17-9-13(16)6-1-2-7-13/h3-5,16H,1-2,6-9,15H2. The summed E-state index contributed by atoms with van der Waals surface area (Å²) < 4.78 is 6.66. The van der Waals surface area contributed by atoms with Crippen LogP contribution in [0.25, 0.3) is 0 Å². The second kappa shape index (κ2) is 5.38. The maximum atomic E-state index is 10.2. The quantitative estimate of drug-likeness (QED) is 0.898. The Bertz CT molecular complexity index is 389. The van der Waals surface area contributed by atoms with Gasteiger partial charge in [0.15, 0.2) is 0 Å². The van der Waals surface area contributed by atoms with Crippen molar-refractivity contribution < 1.29 is 9.84 Å². The molecule has 1 fully saturated rings. The lowest BCUT2D eigenvalue weighted by molar-refractivity contribution is 0.000915. The summed E-state index contributed by atoms with van der Waals surface area (Å²) in [7, 11) is 0. The van der Waals surface area contributed by atoms with Crippen LogP contribution in [0, 0.1) is 0 Å². The van der Waals surface area contributed by atoms with Gasteiger partial charge in [-0.1, -0.05) is 25.0 Å². The Morgan fingerprint density at radius 3 is 2.71 bits per heavy atom. The summed E-state index contributed by atoms with van der Waals surface area (Å²) in [5, 5.41) is 10.2. The van der Waals surface area contributed by atoms with E-state index in [1.165, 1.54) is 0 Å². The third-order valence-corrected chi connectivity index (χ3v) is 3.91. The molecule has 0 unspecified atom stereocenters. The van der Waals surface area contributed by atoms with Gasteiger partial charge in [-0.15, -0.1) is 0 Å². The smallest absolute Gasteiger partial charge is 0.138 e. The molecule has 3 N–H and O–H groups in total. The van der Waals surface area contributed by atoms with Crippen LogP contribution >= 0.6 is 15.9 Å². The van der Waals surface area contributed by atoms with Gasteiger partial charge in [-0.2, -0.15) is 0 Å². The fourth-order valence-corrected chi connectivity index (χ4v) is 2.78. The van der Waals surface area contributed by atoms with E-state index in [1.54, 1.807) is 0 Å². The lowest BCUT2D eigenvalue weighted by atomic mass is 10.0. The third-order valence-electron chi connectivity index (χ3n) is 3.29. The van der Waals surface area contributed by atoms with Gasteiger partial charge in [0, 0.05) is 12.1 Å². The minimum Gasteiger partial charge on any atom is -0.489 e. The molecule has 1 saturated carbocycles. The average Bonchev–Trinajstić information content (AvgIpc) is 2.75. The van der Waals surface area contributed by atoms with Crippen LogP contribution in [0.1, 0.15) is 31.2 Å². The normalized spacial score (nSPS) is 18.3. The number of ether oxygens (including phenoxy) is 1. The van der Waals surface area contributed by atoms with Crippen LogP contribution in [0.3, 0.4) is 0 Å². The van der Waals surface area contributed by atoms with E-state index in [9.17, 15) is 5.11 Å². The van der Waals surface area contributed by atoms with Crippen molar-refractivity contribution in [2.45, 2.75) is 37.8 Å². The van der Waals surface area contributed by atoms with E-state index in [4.69, 9.17) is 10.5 Å². The Morgan fingerprint density at radius 1 is 1.35 bits per heavy atom. The van der Waals surface area contributed by atoms with E-state index < -0.39 is 5.60 Å². The molecule has 2 rings (SSSR count). The molecule has 0 radical (unpaired) electrons. The maximum Gasteiger partial charge on any atom is 0.138 e. The van der Waals surface area contributed by atoms with Crippen LogP contribution in [-0.4, -0.2) is 17.3 Å². The molecular formula is C13H18BrNO2. The summed E-state index contributed by atoms with van der Waals surface area (Å²) in [6.45, 7) is 0.788. The number of hydrogen-bond acceptors (Lipinski definition) is 3. The summed E-state index contributed by atoms with van der Waals surface area (Å²) in [6, 6.07) is 5.80. The summed E-state index contributed by atoms with van der Waals surface area (Å²) >= 11 is 3.45. The zero-order valence-electron chi connectivity index (χ0n) is 9.79. The molecule has 0 aromatic heterocycles. The molecule has 1 aromatic carbocycles. The zero-order valence-corrected chi connectivity index (χ0v) is 11.4. The van der Waals surface area contributed by atoms with Gasteiger partial charge >= 0.3 is 0 Å². The van der Waals surface area contributed by atoms with E-state index in [0.717, 1.165) is 41.5 Å². The monoisotopic (exact) mass is 299 g/mol. The second-order valence-electron chi connectivity index (χ2n) is 4.65. The Kier molecular flexibility index (Phi) is 4.07. The highest BCUT2D eigenvalue weighted by molar-refractivity contribution is 9.10. The minimum atomic E-state index is -0.652. The van der Waals surface area contributed by atoms with Crippen molar-refractivity contribution in [3.05, 3.63) is 28.2 Å². The molecule has 1 aliphatic rings. The highest BCUT2D eigenvalue weighted by Gasteiger charge is 2.32. The van der Waals surface area contributed by atoms with E-state index in [2.05, 4.69) is 15.9 Å². The molecule has 0 amide bonds. The van der Waals surface area contributed by atoms with Crippen LogP contribution in [0.15, 0.2) is 22.7 Å². The summed E-state index contributed by atoms with van der Waals surface area (Å²) in [6.07, 6.45) is 3.82. The van der Waals surface area contributed by atoms with Crippen LogP contribution < -0.4 is 10.5 Å². The van der Waals surface area contributed by atoms with Crippen molar-refractivity contribution in [1.82, 2.24) is 0 Å². The predicted octanol–water partition coefficient (Wildman–Crippen LogP) is 2.59. The average molecular weight is 300 g/mol. The first-order chi connectivity index (χ1) is 8.14. The largest absolute Gasteiger partial charge is 0.489 e. The van der Waals surface area contributed by atoms with Crippen molar-refractivity contribution in [2.24, 2.45) is 5.73 Å². The van der Waals surface area contributed by atoms with Gasteiger partial charge in [0.2, 0.25) is 0 Å². The Hall–Kier alpha value is -0.580. The zero-order chi connectivity index (χ0) is 12.3. The first kappa shape index (κ1) is 12.9. The lowest BCUT2D eigenvalue weighted by Gasteiger charge is -2.23. The molecule has 4 heteroatoms. The number of para-hydroxylation sites is 1. The minimum absolute atomic E-state index is 0.350. The van der Waals surface area contributed by atoms with Gasteiger partial charge in [0.25, 0.3) is 0 Å². The first-order valence-corrected chi connectivity index (χ1v) is 6.76. The number of halogens is 1. The van der Waals surface area contributed by atoms with E-state index >= 15 is 0 Å². The van der Waals surface area contributed by atoms with Crippen molar-refractivity contribution in [2.75, 3.05) is 6.61 Å². The fraction of sp³-hybridized carbons (Fsp3) is 0.538. The molecule has 0 saturated heterocycles. The van der Waals surface area contributed by atoms with Crippen molar-refractivity contribution in [3.8, 4) is 5.75 Å². The Balaban J connectivity index is 2.08.